The quantitative estimate of drug-likeness (QED) is 0.101. The molecule has 242 valence electrons. The summed E-state index contributed by atoms with van der Waals surface area (Å²) in [7, 11) is 0. The number of hydrogen-bond acceptors (Lipinski definition) is 6. The number of benzene rings is 4. The molecule has 4 aromatic carbocycles. The van der Waals surface area contributed by atoms with Gasteiger partial charge in [-0.25, -0.2) is 9.80 Å². The van der Waals surface area contributed by atoms with Crippen molar-refractivity contribution >= 4 is 35.0 Å². The van der Waals surface area contributed by atoms with E-state index in [0.29, 0.717) is 34.4 Å². The first-order valence-corrected chi connectivity index (χ1v) is 16.3. The van der Waals surface area contributed by atoms with Gasteiger partial charge in [-0.2, -0.15) is 0 Å². The number of nitrogens with zero attached hydrogens (tertiary/aromatic N) is 2. The summed E-state index contributed by atoms with van der Waals surface area (Å²) < 4.78 is 12.2. The Hall–Kier alpha value is -5.76. The number of anilines is 2. The fourth-order valence-electron chi connectivity index (χ4n) is 5.92. The van der Waals surface area contributed by atoms with Crippen LogP contribution < -0.4 is 19.3 Å². The predicted octanol–water partition coefficient (Wildman–Crippen LogP) is 8.62. The van der Waals surface area contributed by atoms with E-state index in [-0.39, 0.29) is 29.5 Å². The molecule has 4 amide bonds. The lowest BCUT2D eigenvalue weighted by atomic mass is 9.86. The molecular weight excluding hydrogens is 604 g/mol. The van der Waals surface area contributed by atoms with Gasteiger partial charge in [0.25, 0.3) is 23.6 Å². The highest BCUT2D eigenvalue weighted by atomic mass is 16.5. The number of imide groups is 2. The number of rotatable bonds is 14. The SMILES string of the molecule is CCCCCCCC(c1ccc(Oc2ccc(N3C(=O)C=CC3=O)cc2)cc1)c1ccc(Oc2ccc(N3C(=O)C=CC3=O)cc2)cc1. The Morgan fingerprint density at radius 3 is 1.15 bits per heavy atom. The van der Waals surface area contributed by atoms with Crippen molar-refractivity contribution in [1.29, 1.82) is 0 Å². The van der Waals surface area contributed by atoms with Crippen LogP contribution in [-0.2, 0) is 19.2 Å². The van der Waals surface area contributed by atoms with Crippen molar-refractivity contribution in [3.05, 3.63) is 132 Å². The number of amides is 4. The molecule has 6 rings (SSSR count). The largest absolute Gasteiger partial charge is 0.457 e. The molecule has 0 N–H and O–H groups in total. The van der Waals surface area contributed by atoms with Crippen molar-refractivity contribution < 1.29 is 28.7 Å². The zero-order valence-electron chi connectivity index (χ0n) is 26.7. The van der Waals surface area contributed by atoms with Crippen LogP contribution in [0.2, 0.25) is 0 Å². The molecule has 8 heteroatoms. The standard InChI is InChI=1S/C40H36N2O6/c1-2-3-4-5-6-7-36(28-8-16-32(17-9-28)47-34-20-12-30(13-21-34)41-37(43)24-25-38(41)44)29-10-18-33(19-11-29)48-35-22-14-31(15-23-35)42-39(45)26-27-40(42)46/h8-27,36H,2-7H2,1H3. The summed E-state index contributed by atoms with van der Waals surface area (Å²) in [6.45, 7) is 2.22. The summed E-state index contributed by atoms with van der Waals surface area (Å²) in [6.07, 6.45) is 12.1. The predicted molar refractivity (Wildman–Crippen MR) is 184 cm³/mol. The fourth-order valence-corrected chi connectivity index (χ4v) is 5.92. The second-order valence-corrected chi connectivity index (χ2v) is 11.8. The van der Waals surface area contributed by atoms with Gasteiger partial charge in [0.2, 0.25) is 0 Å². The summed E-state index contributed by atoms with van der Waals surface area (Å²) in [5.74, 6) is 1.36. The first-order valence-electron chi connectivity index (χ1n) is 16.3. The van der Waals surface area contributed by atoms with E-state index < -0.39 is 0 Å². The van der Waals surface area contributed by atoms with Gasteiger partial charge in [-0.05, 0) is 90.3 Å². The van der Waals surface area contributed by atoms with Gasteiger partial charge in [-0.1, -0.05) is 63.3 Å². The van der Waals surface area contributed by atoms with Crippen molar-refractivity contribution in [2.24, 2.45) is 0 Å². The van der Waals surface area contributed by atoms with Crippen LogP contribution in [0.1, 0.15) is 62.5 Å². The maximum Gasteiger partial charge on any atom is 0.258 e. The normalized spacial score (nSPS) is 14.1. The topological polar surface area (TPSA) is 93.2 Å². The lowest BCUT2D eigenvalue weighted by Crippen LogP contribution is -2.29. The summed E-state index contributed by atoms with van der Waals surface area (Å²) in [4.78, 5) is 50.2. The van der Waals surface area contributed by atoms with Gasteiger partial charge in [0.1, 0.15) is 23.0 Å². The van der Waals surface area contributed by atoms with Crippen LogP contribution in [0.3, 0.4) is 0 Å². The smallest absolute Gasteiger partial charge is 0.258 e. The average molecular weight is 641 g/mol. The Morgan fingerprint density at radius 1 is 0.458 bits per heavy atom. The lowest BCUT2D eigenvalue weighted by Gasteiger charge is -2.19. The molecule has 2 aliphatic rings. The first-order chi connectivity index (χ1) is 23.4. The van der Waals surface area contributed by atoms with Crippen LogP contribution in [0.4, 0.5) is 11.4 Å². The Kier molecular flexibility index (Phi) is 9.91. The van der Waals surface area contributed by atoms with E-state index in [2.05, 4.69) is 31.2 Å². The van der Waals surface area contributed by atoms with Crippen LogP contribution in [-0.4, -0.2) is 23.6 Å². The molecule has 2 heterocycles. The van der Waals surface area contributed by atoms with Gasteiger partial charge in [-0.15, -0.1) is 0 Å². The first kappa shape index (κ1) is 32.2. The van der Waals surface area contributed by atoms with Crippen molar-refractivity contribution in [3.8, 4) is 23.0 Å². The highest BCUT2D eigenvalue weighted by Gasteiger charge is 2.26. The number of hydrogen-bond donors (Lipinski definition) is 0. The average Bonchev–Trinajstić information content (AvgIpc) is 3.63. The van der Waals surface area contributed by atoms with E-state index in [0.717, 1.165) is 22.6 Å². The van der Waals surface area contributed by atoms with E-state index in [1.54, 1.807) is 48.5 Å². The third kappa shape index (κ3) is 7.44. The third-order valence-corrected chi connectivity index (χ3v) is 8.44. The summed E-state index contributed by atoms with van der Waals surface area (Å²) >= 11 is 0. The Balaban J connectivity index is 1.12. The molecule has 4 aromatic rings. The molecule has 0 saturated heterocycles. The van der Waals surface area contributed by atoms with Gasteiger partial charge >= 0.3 is 0 Å². The Morgan fingerprint density at radius 2 is 0.792 bits per heavy atom. The van der Waals surface area contributed by atoms with Gasteiger partial charge in [0, 0.05) is 30.2 Å². The van der Waals surface area contributed by atoms with Crippen molar-refractivity contribution in [1.82, 2.24) is 0 Å². The van der Waals surface area contributed by atoms with Gasteiger partial charge < -0.3 is 9.47 Å². The zero-order valence-corrected chi connectivity index (χ0v) is 26.7. The van der Waals surface area contributed by atoms with Crippen molar-refractivity contribution in [2.45, 2.75) is 51.4 Å². The Bertz CT molecular complexity index is 1680. The number of carbonyl (C=O) groups excluding carboxylic acids is 4. The molecule has 0 radical (unpaired) electrons. The summed E-state index contributed by atoms with van der Waals surface area (Å²) in [6, 6.07) is 30.0. The second kappa shape index (κ2) is 14.8. The minimum Gasteiger partial charge on any atom is -0.457 e. The van der Waals surface area contributed by atoms with Gasteiger partial charge in [0.15, 0.2) is 0 Å². The van der Waals surface area contributed by atoms with E-state index in [1.807, 2.05) is 24.3 Å². The van der Waals surface area contributed by atoms with E-state index in [4.69, 9.17) is 9.47 Å². The van der Waals surface area contributed by atoms with E-state index in [9.17, 15) is 19.2 Å². The molecule has 0 bridgehead atoms. The van der Waals surface area contributed by atoms with Crippen LogP contribution in [0.5, 0.6) is 23.0 Å². The van der Waals surface area contributed by atoms with Gasteiger partial charge in [-0.3, -0.25) is 19.2 Å². The van der Waals surface area contributed by atoms with Crippen LogP contribution in [0.25, 0.3) is 0 Å². The molecule has 0 spiro atoms. The minimum atomic E-state index is -0.355. The van der Waals surface area contributed by atoms with Crippen molar-refractivity contribution in [3.63, 3.8) is 0 Å². The Labute approximate surface area is 279 Å². The summed E-state index contributed by atoms with van der Waals surface area (Å²) in [5.41, 5.74) is 3.38. The molecule has 0 fully saturated rings. The van der Waals surface area contributed by atoms with E-state index >= 15 is 0 Å². The second-order valence-electron chi connectivity index (χ2n) is 11.8. The molecule has 8 nitrogen and oxygen atoms in total. The molecule has 2 aliphatic heterocycles. The number of unbranched alkanes of at least 4 members (excludes halogenated alkanes) is 4. The monoisotopic (exact) mass is 640 g/mol. The molecule has 0 unspecified atom stereocenters. The van der Waals surface area contributed by atoms with Crippen molar-refractivity contribution in [2.75, 3.05) is 9.80 Å². The molecule has 0 atom stereocenters. The molecule has 0 aliphatic carbocycles. The number of carbonyl (C=O) groups is 4. The van der Waals surface area contributed by atoms with E-state index in [1.165, 1.54) is 61.1 Å². The fraction of sp³-hybridized carbons (Fsp3) is 0.200. The number of ether oxygens (including phenoxy) is 2. The van der Waals surface area contributed by atoms with Crippen LogP contribution in [0.15, 0.2) is 121 Å². The highest BCUT2D eigenvalue weighted by Crippen LogP contribution is 2.35. The zero-order chi connectivity index (χ0) is 33.5. The lowest BCUT2D eigenvalue weighted by molar-refractivity contribution is -0.121. The molecule has 0 aromatic heterocycles. The maximum absolute atomic E-state index is 12.0. The minimum absolute atomic E-state index is 0.196. The van der Waals surface area contributed by atoms with Crippen LogP contribution in [0, 0.1) is 0 Å². The van der Waals surface area contributed by atoms with Gasteiger partial charge in [0.05, 0.1) is 11.4 Å². The maximum atomic E-state index is 12.0. The third-order valence-electron chi connectivity index (χ3n) is 8.44. The summed E-state index contributed by atoms with van der Waals surface area (Å²) in [5, 5.41) is 0. The molecule has 0 saturated carbocycles. The van der Waals surface area contributed by atoms with Crippen LogP contribution >= 0.6 is 0 Å². The molecular formula is C40H36N2O6. The molecule has 48 heavy (non-hydrogen) atoms. The highest BCUT2D eigenvalue weighted by molar-refractivity contribution is 6.28.